The summed E-state index contributed by atoms with van der Waals surface area (Å²) in [7, 11) is 0. The van der Waals surface area contributed by atoms with Gasteiger partial charge in [0.1, 0.15) is 0 Å². The van der Waals surface area contributed by atoms with E-state index in [4.69, 9.17) is 0 Å². The number of nitrogens with one attached hydrogen (secondary N) is 1. The number of benzene rings is 1. The molecule has 1 aromatic carbocycles. The van der Waals surface area contributed by atoms with Crippen LogP contribution in [0, 0.1) is 5.92 Å². The van der Waals surface area contributed by atoms with Gasteiger partial charge < -0.3 is 0 Å². The molecule has 4 heteroatoms. The van der Waals surface area contributed by atoms with E-state index < -0.39 is 0 Å². The first-order valence-corrected chi connectivity index (χ1v) is 4.80. The molecule has 2 rings (SSSR count). The lowest BCUT2D eigenvalue weighted by molar-refractivity contribution is -0.121. The Bertz CT molecular complexity index is 426. The predicted molar refractivity (Wildman–Crippen MR) is 55.0 cm³/mol. The van der Waals surface area contributed by atoms with Crippen molar-refractivity contribution in [3.05, 3.63) is 29.8 Å². The maximum absolute atomic E-state index is 11.2. The van der Waals surface area contributed by atoms with E-state index in [1.807, 2.05) is 13.0 Å². The number of hydrogen-bond donors (Lipinski definition) is 1. The van der Waals surface area contributed by atoms with E-state index >= 15 is 0 Å². The van der Waals surface area contributed by atoms with Crippen LogP contribution in [0.5, 0.6) is 5.75 Å². The first kappa shape index (κ1) is 9.71. The average molecular weight is 203 g/mol. The van der Waals surface area contributed by atoms with Crippen LogP contribution in [0.1, 0.15) is 18.9 Å². The second-order valence-corrected chi connectivity index (χ2v) is 3.67. The second-order valence-electron chi connectivity index (χ2n) is 3.67. The van der Waals surface area contributed by atoms with Gasteiger partial charge in [0.2, 0.25) is 5.91 Å². The topological polar surface area (TPSA) is 61.4 Å². The van der Waals surface area contributed by atoms with Crippen molar-refractivity contribution in [3.63, 3.8) is 0 Å². The van der Waals surface area contributed by atoms with Crippen LogP contribution in [0.15, 0.2) is 29.4 Å². The molecular weight excluding hydrogens is 192 g/mol. The number of hydrazone groups is 1. The van der Waals surface area contributed by atoms with Crippen LogP contribution in [0.2, 0.25) is 0 Å². The van der Waals surface area contributed by atoms with Crippen LogP contribution in [0.4, 0.5) is 0 Å². The lowest BCUT2D eigenvalue weighted by atomic mass is 9.94. The third kappa shape index (κ3) is 1.98. The van der Waals surface area contributed by atoms with Crippen molar-refractivity contribution in [2.75, 3.05) is 0 Å². The normalized spacial score (nSPS) is 20.7. The fourth-order valence-electron chi connectivity index (χ4n) is 1.66. The molecule has 0 spiro atoms. The van der Waals surface area contributed by atoms with Gasteiger partial charge in [0.05, 0.1) is 5.71 Å². The Balaban J connectivity index is 2.35. The molecule has 1 atom stereocenters. The molecule has 0 fully saturated rings. The van der Waals surface area contributed by atoms with E-state index in [9.17, 15) is 9.90 Å². The summed E-state index contributed by atoms with van der Waals surface area (Å²) in [5, 5.41) is 15.1. The maximum Gasteiger partial charge on any atom is 0.240 e. The van der Waals surface area contributed by atoms with Crippen LogP contribution in [-0.4, -0.2) is 11.6 Å². The lowest BCUT2D eigenvalue weighted by Gasteiger charge is -2.18. The lowest BCUT2D eigenvalue weighted by Crippen LogP contribution is -2.31. The summed E-state index contributed by atoms with van der Waals surface area (Å²) in [5.41, 5.74) is 3.99. The minimum Gasteiger partial charge on any atom is -0.290 e. The predicted octanol–water partition coefficient (Wildman–Crippen LogP) is 1.69. The summed E-state index contributed by atoms with van der Waals surface area (Å²) in [6.45, 7) is 1.93. The standard InChI is InChI=1S/C11H11N2O2/c1-7-5-10(15)12-13-11(7)8-3-2-4-9(14)6-8/h2-4,6-7H,5H2,1H3,(H,12,15). The number of amides is 1. The third-order valence-electron chi connectivity index (χ3n) is 2.39. The SMILES string of the molecule is CC1CC(=O)NN=C1c1cccc([O])c1. The zero-order valence-electron chi connectivity index (χ0n) is 8.36. The molecule has 1 aromatic rings. The Labute approximate surface area is 87.6 Å². The molecule has 0 bridgehead atoms. The van der Waals surface area contributed by atoms with Crippen LogP contribution in [0.3, 0.4) is 0 Å². The highest BCUT2D eigenvalue weighted by Crippen LogP contribution is 2.19. The Morgan fingerprint density at radius 3 is 2.93 bits per heavy atom. The molecule has 1 N–H and O–H groups in total. The zero-order chi connectivity index (χ0) is 10.8. The molecule has 4 nitrogen and oxygen atoms in total. The number of carbonyl (C=O) groups is 1. The van der Waals surface area contributed by atoms with Gasteiger partial charge in [-0.05, 0) is 12.1 Å². The third-order valence-corrected chi connectivity index (χ3v) is 2.39. The van der Waals surface area contributed by atoms with Gasteiger partial charge >= 0.3 is 0 Å². The van der Waals surface area contributed by atoms with Crippen molar-refractivity contribution in [2.45, 2.75) is 13.3 Å². The van der Waals surface area contributed by atoms with Crippen LogP contribution in [-0.2, 0) is 9.90 Å². The van der Waals surface area contributed by atoms with Crippen molar-refractivity contribution in [2.24, 2.45) is 11.0 Å². The molecule has 1 amide bonds. The summed E-state index contributed by atoms with van der Waals surface area (Å²) in [6.07, 6.45) is 0.419. The largest absolute Gasteiger partial charge is 0.290 e. The second kappa shape index (κ2) is 3.73. The molecule has 0 saturated carbocycles. The smallest absolute Gasteiger partial charge is 0.240 e. The summed E-state index contributed by atoms with van der Waals surface area (Å²) in [4.78, 5) is 11.0. The van der Waals surface area contributed by atoms with Crippen LogP contribution < -0.4 is 5.43 Å². The van der Waals surface area contributed by atoms with Crippen molar-refractivity contribution in [1.29, 1.82) is 0 Å². The Morgan fingerprint density at radius 1 is 1.47 bits per heavy atom. The molecule has 1 aliphatic heterocycles. The monoisotopic (exact) mass is 203 g/mol. The first-order chi connectivity index (χ1) is 7.16. The molecule has 0 aromatic heterocycles. The molecule has 1 radical (unpaired) electrons. The molecule has 15 heavy (non-hydrogen) atoms. The fraction of sp³-hybridized carbons (Fsp3) is 0.273. The van der Waals surface area contributed by atoms with E-state index in [1.165, 1.54) is 12.1 Å². The molecule has 0 saturated heterocycles. The highest BCUT2D eigenvalue weighted by atomic mass is 16.3. The number of hydrogen-bond acceptors (Lipinski definition) is 2. The minimum atomic E-state index is -0.0791. The van der Waals surface area contributed by atoms with Gasteiger partial charge in [-0.1, -0.05) is 19.1 Å². The Hall–Kier alpha value is -1.84. The summed E-state index contributed by atoms with van der Waals surface area (Å²) >= 11 is 0. The quantitative estimate of drug-likeness (QED) is 0.741. The van der Waals surface area contributed by atoms with E-state index in [0.717, 1.165) is 11.3 Å². The maximum atomic E-state index is 11.2. The van der Waals surface area contributed by atoms with Gasteiger partial charge in [0, 0.05) is 17.9 Å². The summed E-state index contributed by atoms with van der Waals surface area (Å²) < 4.78 is 0. The van der Waals surface area contributed by atoms with E-state index in [0.29, 0.717) is 6.42 Å². The van der Waals surface area contributed by atoms with Gasteiger partial charge in [0.25, 0.3) is 0 Å². The average Bonchev–Trinajstić information content (AvgIpc) is 2.17. The molecule has 0 aliphatic carbocycles. The number of carbonyl (C=O) groups excluding carboxylic acids is 1. The number of nitrogens with zero attached hydrogens (tertiary/aromatic N) is 1. The molecule has 77 valence electrons. The molecular formula is C11H11N2O2. The number of rotatable bonds is 1. The van der Waals surface area contributed by atoms with E-state index in [-0.39, 0.29) is 17.6 Å². The van der Waals surface area contributed by atoms with Crippen LogP contribution >= 0.6 is 0 Å². The van der Waals surface area contributed by atoms with Gasteiger partial charge in [-0.3, -0.25) is 9.90 Å². The van der Waals surface area contributed by atoms with E-state index in [2.05, 4.69) is 10.5 Å². The van der Waals surface area contributed by atoms with Crippen molar-refractivity contribution < 1.29 is 9.90 Å². The molecule has 1 aliphatic rings. The van der Waals surface area contributed by atoms with Gasteiger partial charge in [-0.15, -0.1) is 0 Å². The van der Waals surface area contributed by atoms with Gasteiger partial charge in [0.15, 0.2) is 5.75 Å². The van der Waals surface area contributed by atoms with Crippen molar-refractivity contribution >= 4 is 11.6 Å². The highest BCUT2D eigenvalue weighted by Gasteiger charge is 2.21. The van der Waals surface area contributed by atoms with Gasteiger partial charge in [-0.2, -0.15) is 5.10 Å². The fourth-order valence-corrected chi connectivity index (χ4v) is 1.66. The molecule has 1 unspecified atom stereocenters. The first-order valence-electron chi connectivity index (χ1n) is 4.80. The Kier molecular flexibility index (Phi) is 2.41. The summed E-state index contributed by atoms with van der Waals surface area (Å²) in [6, 6.07) is 6.56. The zero-order valence-corrected chi connectivity index (χ0v) is 8.36. The van der Waals surface area contributed by atoms with Gasteiger partial charge in [-0.25, -0.2) is 5.43 Å². The van der Waals surface area contributed by atoms with Crippen LogP contribution in [0.25, 0.3) is 0 Å². The summed E-state index contributed by atoms with van der Waals surface area (Å²) in [5.74, 6) is -0.0654. The highest BCUT2D eigenvalue weighted by molar-refractivity contribution is 6.05. The van der Waals surface area contributed by atoms with E-state index in [1.54, 1.807) is 6.07 Å². The molecule has 1 heterocycles. The van der Waals surface area contributed by atoms with Crippen molar-refractivity contribution in [1.82, 2.24) is 5.43 Å². The van der Waals surface area contributed by atoms with Crippen molar-refractivity contribution in [3.8, 4) is 5.75 Å². The Morgan fingerprint density at radius 2 is 2.27 bits per heavy atom. The minimum absolute atomic E-state index is 0.0423.